The van der Waals surface area contributed by atoms with Crippen molar-refractivity contribution >= 4 is 0 Å². The summed E-state index contributed by atoms with van der Waals surface area (Å²) in [6.45, 7) is 0. The molecule has 0 amide bonds. The molecular formula is C14H12F3NO. The van der Waals surface area contributed by atoms with Gasteiger partial charge in [0.05, 0.1) is 11.7 Å². The molecule has 2 nitrogen and oxygen atoms in total. The summed E-state index contributed by atoms with van der Waals surface area (Å²) in [7, 11) is 0. The van der Waals surface area contributed by atoms with Crippen molar-refractivity contribution < 1.29 is 18.3 Å². The van der Waals surface area contributed by atoms with Crippen LogP contribution in [0.3, 0.4) is 0 Å². The van der Waals surface area contributed by atoms with E-state index >= 15 is 0 Å². The normalized spacial score (nSPS) is 13.3. The first kappa shape index (κ1) is 13.5. The number of hydrogen-bond acceptors (Lipinski definition) is 2. The predicted molar refractivity (Wildman–Crippen MR) is 64.3 cm³/mol. The summed E-state index contributed by atoms with van der Waals surface area (Å²) in [5.74, 6) is 0. The fourth-order valence-electron chi connectivity index (χ4n) is 1.74. The van der Waals surface area contributed by atoms with E-state index in [1.54, 1.807) is 18.3 Å². The molecule has 1 heterocycles. The quantitative estimate of drug-likeness (QED) is 0.924. The van der Waals surface area contributed by atoms with Crippen LogP contribution in [-0.2, 0) is 12.6 Å². The molecule has 1 unspecified atom stereocenters. The molecule has 0 fully saturated rings. The molecule has 2 rings (SSSR count). The number of aromatic nitrogens is 1. The van der Waals surface area contributed by atoms with Crippen molar-refractivity contribution in [3.8, 4) is 0 Å². The lowest BCUT2D eigenvalue weighted by molar-refractivity contribution is -0.137. The van der Waals surface area contributed by atoms with Gasteiger partial charge in [-0.05, 0) is 29.3 Å². The number of nitrogens with zero attached hydrogens (tertiary/aromatic N) is 1. The van der Waals surface area contributed by atoms with Gasteiger partial charge in [-0.1, -0.05) is 18.2 Å². The van der Waals surface area contributed by atoms with Crippen molar-refractivity contribution in [3.63, 3.8) is 0 Å². The number of rotatable bonds is 3. The van der Waals surface area contributed by atoms with Gasteiger partial charge in [0.2, 0.25) is 0 Å². The van der Waals surface area contributed by atoms with Crippen LogP contribution in [0.25, 0.3) is 0 Å². The number of alkyl halides is 3. The maximum atomic E-state index is 12.4. The van der Waals surface area contributed by atoms with Crippen LogP contribution in [0, 0.1) is 0 Å². The smallest absolute Gasteiger partial charge is 0.388 e. The van der Waals surface area contributed by atoms with E-state index in [2.05, 4.69) is 4.98 Å². The van der Waals surface area contributed by atoms with Gasteiger partial charge in [-0.15, -0.1) is 0 Å². The molecule has 1 atom stereocenters. The lowest BCUT2D eigenvalue weighted by Gasteiger charge is -2.11. The number of halogens is 3. The van der Waals surface area contributed by atoms with Crippen molar-refractivity contribution in [2.24, 2.45) is 0 Å². The molecule has 0 aliphatic rings. The molecule has 1 aromatic heterocycles. The summed E-state index contributed by atoms with van der Waals surface area (Å²) in [5, 5.41) is 9.94. The lowest BCUT2D eigenvalue weighted by Crippen LogP contribution is -2.06. The van der Waals surface area contributed by atoms with E-state index < -0.39 is 17.8 Å². The minimum atomic E-state index is -4.33. The minimum absolute atomic E-state index is 0.254. The standard InChI is InChI=1S/C14H12F3NO/c15-14(16,17)12-5-3-10(4-6-12)8-13(19)11-2-1-7-18-9-11/h1-7,9,13,19H,8H2. The van der Waals surface area contributed by atoms with Crippen LogP contribution in [-0.4, -0.2) is 10.1 Å². The highest BCUT2D eigenvalue weighted by Crippen LogP contribution is 2.29. The molecule has 0 radical (unpaired) electrons. The van der Waals surface area contributed by atoms with E-state index in [0.717, 1.165) is 12.1 Å². The second-order valence-corrected chi connectivity index (χ2v) is 4.20. The van der Waals surface area contributed by atoms with Crippen LogP contribution in [0.2, 0.25) is 0 Å². The van der Waals surface area contributed by atoms with E-state index in [1.165, 1.54) is 18.3 Å². The van der Waals surface area contributed by atoms with Crippen LogP contribution >= 0.6 is 0 Å². The number of aliphatic hydroxyl groups excluding tert-OH is 1. The van der Waals surface area contributed by atoms with Gasteiger partial charge < -0.3 is 5.11 Å². The first-order chi connectivity index (χ1) is 8.97. The Labute approximate surface area is 108 Å². The summed E-state index contributed by atoms with van der Waals surface area (Å²) < 4.78 is 37.2. The number of benzene rings is 1. The Hall–Kier alpha value is -1.88. The van der Waals surface area contributed by atoms with Gasteiger partial charge in [0.25, 0.3) is 0 Å². The molecule has 0 aliphatic carbocycles. The zero-order chi connectivity index (χ0) is 13.9. The summed E-state index contributed by atoms with van der Waals surface area (Å²) in [6, 6.07) is 8.22. The highest BCUT2D eigenvalue weighted by molar-refractivity contribution is 5.26. The molecule has 0 saturated heterocycles. The Balaban J connectivity index is 2.08. The molecule has 0 saturated carbocycles. The van der Waals surface area contributed by atoms with Crippen molar-refractivity contribution in [3.05, 3.63) is 65.5 Å². The maximum absolute atomic E-state index is 12.4. The van der Waals surface area contributed by atoms with Gasteiger partial charge in [-0.2, -0.15) is 13.2 Å². The minimum Gasteiger partial charge on any atom is -0.388 e. The average Bonchev–Trinajstić information content (AvgIpc) is 2.39. The van der Waals surface area contributed by atoms with Crippen LogP contribution in [0.15, 0.2) is 48.8 Å². The summed E-state index contributed by atoms with van der Waals surface area (Å²) in [4.78, 5) is 3.89. The Morgan fingerprint density at radius 1 is 1.11 bits per heavy atom. The number of pyridine rings is 1. The van der Waals surface area contributed by atoms with E-state index in [-0.39, 0.29) is 6.42 Å². The monoisotopic (exact) mass is 267 g/mol. The largest absolute Gasteiger partial charge is 0.416 e. The first-order valence-corrected chi connectivity index (χ1v) is 5.71. The highest BCUT2D eigenvalue weighted by atomic mass is 19.4. The Morgan fingerprint density at radius 3 is 2.32 bits per heavy atom. The van der Waals surface area contributed by atoms with Crippen LogP contribution in [0.4, 0.5) is 13.2 Å². The van der Waals surface area contributed by atoms with E-state index in [9.17, 15) is 18.3 Å². The maximum Gasteiger partial charge on any atom is 0.416 e. The topological polar surface area (TPSA) is 33.1 Å². The van der Waals surface area contributed by atoms with Crippen molar-refractivity contribution in [1.82, 2.24) is 4.98 Å². The SMILES string of the molecule is OC(Cc1ccc(C(F)(F)F)cc1)c1cccnc1. The molecule has 19 heavy (non-hydrogen) atoms. The van der Waals surface area contributed by atoms with Crippen LogP contribution in [0.1, 0.15) is 22.8 Å². The van der Waals surface area contributed by atoms with Crippen molar-refractivity contribution in [1.29, 1.82) is 0 Å². The second kappa shape index (κ2) is 5.40. The average molecular weight is 267 g/mol. The third-order valence-electron chi connectivity index (χ3n) is 2.78. The molecule has 1 aromatic carbocycles. The summed E-state index contributed by atoms with van der Waals surface area (Å²) in [6.07, 6.45) is -1.72. The number of hydrogen-bond donors (Lipinski definition) is 1. The summed E-state index contributed by atoms with van der Waals surface area (Å²) >= 11 is 0. The van der Waals surface area contributed by atoms with Gasteiger partial charge in [-0.25, -0.2) is 0 Å². The molecule has 5 heteroatoms. The third kappa shape index (κ3) is 3.54. The molecule has 0 spiro atoms. The molecular weight excluding hydrogens is 255 g/mol. The zero-order valence-corrected chi connectivity index (χ0v) is 9.93. The lowest BCUT2D eigenvalue weighted by atomic mass is 10.0. The van der Waals surface area contributed by atoms with Gasteiger partial charge in [-0.3, -0.25) is 4.98 Å². The van der Waals surface area contributed by atoms with Crippen LogP contribution < -0.4 is 0 Å². The predicted octanol–water partition coefficient (Wildman–Crippen LogP) is 3.38. The Morgan fingerprint density at radius 2 is 1.79 bits per heavy atom. The number of aliphatic hydroxyl groups is 1. The molecule has 2 aromatic rings. The van der Waals surface area contributed by atoms with Crippen LogP contribution in [0.5, 0.6) is 0 Å². The Bertz CT molecular complexity index is 523. The zero-order valence-electron chi connectivity index (χ0n) is 9.93. The van der Waals surface area contributed by atoms with Crippen molar-refractivity contribution in [2.45, 2.75) is 18.7 Å². The van der Waals surface area contributed by atoms with E-state index in [4.69, 9.17) is 0 Å². The van der Waals surface area contributed by atoms with Gasteiger partial charge >= 0.3 is 6.18 Å². The van der Waals surface area contributed by atoms with E-state index in [0.29, 0.717) is 11.1 Å². The van der Waals surface area contributed by atoms with E-state index in [1.807, 2.05) is 0 Å². The van der Waals surface area contributed by atoms with Crippen molar-refractivity contribution in [2.75, 3.05) is 0 Å². The molecule has 0 bridgehead atoms. The first-order valence-electron chi connectivity index (χ1n) is 5.71. The molecule has 0 aliphatic heterocycles. The highest BCUT2D eigenvalue weighted by Gasteiger charge is 2.29. The third-order valence-corrected chi connectivity index (χ3v) is 2.78. The fourth-order valence-corrected chi connectivity index (χ4v) is 1.74. The fraction of sp³-hybridized carbons (Fsp3) is 0.214. The summed E-state index contributed by atoms with van der Waals surface area (Å²) in [5.41, 5.74) is 0.596. The van der Waals surface area contributed by atoms with Gasteiger partial charge in [0.15, 0.2) is 0 Å². The Kier molecular flexibility index (Phi) is 3.85. The second-order valence-electron chi connectivity index (χ2n) is 4.20. The molecule has 1 N–H and O–H groups in total. The molecule has 100 valence electrons. The van der Waals surface area contributed by atoms with Gasteiger partial charge in [0.1, 0.15) is 0 Å². The van der Waals surface area contributed by atoms with Gasteiger partial charge in [0, 0.05) is 18.8 Å².